The van der Waals surface area contributed by atoms with E-state index in [2.05, 4.69) is 20.5 Å². The van der Waals surface area contributed by atoms with Gasteiger partial charge in [0.2, 0.25) is 0 Å². The van der Waals surface area contributed by atoms with Gasteiger partial charge in [-0.3, -0.25) is 0 Å². The molecule has 12 nitrogen and oxygen atoms in total. The summed E-state index contributed by atoms with van der Waals surface area (Å²) in [4.78, 5) is 10.6. The second kappa shape index (κ2) is 13.9. The van der Waals surface area contributed by atoms with Crippen LogP contribution in [-0.2, 0) is 10.1 Å². The average molecular weight is 594 g/mol. The van der Waals surface area contributed by atoms with E-state index in [4.69, 9.17) is 10.5 Å². The number of nitrogens with two attached hydrogens (primary N) is 1. The van der Waals surface area contributed by atoms with Crippen molar-refractivity contribution in [2.24, 2.45) is 20.5 Å². The van der Waals surface area contributed by atoms with Gasteiger partial charge in [-0.15, -0.1) is 20.5 Å². The van der Waals surface area contributed by atoms with E-state index < -0.39 is 32.4 Å². The molecule has 0 aliphatic rings. The van der Waals surface area contributed by atoms with Gasteiger partial charge in [-0.05, 0) is 60.7 Å². The van der Waals surface area contributed by atoms with Gasteiger partial charge >= 0.3 is 59.1 Å². The first-order valence-electron chi connectivity index (χ1n) is 11.3. The van der Waals surface area contributed by atoms with E-state index in [9.17, 15) is 28.0 Å². The van der Waals surface area contributed by atoms with Gasteiger partial charge < -0.3 is 30.0 Å². The number of carboxylic acids is 1. The number of aromatic carboxylic acids is 1. The SMILES string of the molecule is COc1cc(C)ccc1N=Nc1c(S(=O)(=O)[O-])cc2cc(C)c(N=Nc3ccccc3C(=O)[O-])c(O)c2c1N.[Na+].[Na+]. The molecular formula is C26H21N5Na2O7S. The molecule has 0 saturated carbocycles. The van der Waals surface area contributed by atoms with Crippen LogP contribution in [0.15, 0.2) is 79.9 Å². The first-order chi connectivity index (χ1) is 18.4. The average Bonchev–Trinajstić information content (AvgIpc) is 2.87. The molecule has 15 heteroatoms. The Morgan fingerprint density at radius 2 is 1.56 bits per heavy atom. The molecule has 0 aliphatic heterocycles. The van der Waals surface area contributed by atoms with Crippen molar-refractivity contribution in [1.29, 1.82) is 0 Å². The number of ether oxygens (including phenoxy) is 1. The largest absolute Gasteiger partial charge is 1.00 e. The van der Waals surface area contributed by atoms with Crippen LogP contribution >= 0.6 is 0 Å². The quantitative estimate of drug-likeness (QED) is 0.116. The van der Waals surface area contributed by atoms with E-state index >= 15 is 0 Å². The number of aromatic hydroxyl groups is 1. The maximum absolute atomic E-state index is 12.1. The Labute approximate surface area is 279 Å². The summed E-state index contributed by atoms with van der Waals surface area (Å²) in [5.74, 6) is -1.60. The van der Waals surface area contributed by atoms with E-state index in [-0.39, 0.29) is 98.2 Å². The summed E-state index contributed by atoms with van der Waals surface area (Å²) in [7, 11) is -3.65. The standard InChI is InChI=1S/C26H23N5O7S.2Na/c1-13-8-9-18(19(10-13)38-3)29-31-24-20(39(35,36)37)12-15-11-14(2)23(25(32)21(15)22(24)27)30-28-17-7-5-4-6-16(17)26(33)34;;/h4-12,32H,27H2,1-3H3,(H,33,34)(H,35,36,37);;/q;2*+1/p-2. The smallest absolute Gasteiger partial charge is 0.744 e. The van der Waals surface area contributed by atoms with Crippen molar-refractivity contribution in [1.82, 2.24) is 0 Å². The number of aryl methyl sites for hydroxylation is 2. The Morgan fingerprint density at radius 3 is 2.20 bits per heavy atom. The predicted octanol–water partition coefficient (Wildman–Crippen LogP) is -1.14. The van der Waals surface area contributed by atoms with Gasteiger partial charge in [0.1, 0.15) is 32.9 Å². The molecule has 0 fully saturated rings. The number of phenols is 1. The van der Waals surface area contributed by atoms with Crippen LogP contribution in [0, 0.1) is 13.8 Å². The van der Waals surface area contributed by atoms with Crippen LogP contribution in [0.2, 0.25) is 0 Å². The predicted molar refractivity (Wildman–Crippen MR) is 140 cm³/mol. The van der Waals surface area contributed by atoms with E-state index in [0.29, 0.717) is 11.3 Å². The van der Waals surface area contributed by atoms with Gasteiger partial charge in [0.05, 0.1) is 34.7 Å². The molecule has 3 N–H and O–H groups in total. The van der Waals surface area contributed by atoms with Gasteiger partial charge in [-0.2, -0.15) is 0 Å². The molecule has 0 saturated heterocycles. The molecule has 4 aromatic rings. The number of phenolic OH excluding ortho intramolecular Hbond substituents is 1. The maximum Gasteiger partial charge on any atom is 1.00 e. The van der Waals surface area contributed by atoms with E-state index in [1.165, 1.54) is 31.4 Å². The minimum Gasteiger partial charge on any atom is -0.744 e. The number of hydrogen-bond acceptors (Lipinski definition) is 12. The van der Waals surface area contributed by atoms with Gasteiger partial charge in [0, 0.05) is 5.56 Å². The van der Waals surface area contributed by atoms with Gasteiger partial charge in [-0.1, -0.05) is 24.3 Å². The van der Waals surface area contributed by atoms with E-state index in [1.54, 1.807) is 31.2 Å². The van der Waals surface area contributed by atoms with Crippen LogP contribution in [0.5, 0.6) is 11.5 Å². The normalized spacial score (nSPS) is 11.4. The second-order valence-electron chi connectivity index (χ2n) is 8.46. The molecule has 4 rings (SSSR count). The zero-order valence-corrected chi connectivity index (χ0v) is 27.7. The van der Waals surface area contributed by atoms with Gasteiger partial charge in [0.25, 0.3) is 0 Å². The van der Waals surface area contributed by atoms with E-state index in [1.807, 2.05) is 6.92 Å². The summed E-state index contributed by atoms with van der Waals surface area (Å²) >= 11 is 0. The third kappa shape index (κ3) is 7.31. The van der Waals surface area contributed by atoms with Crippen molar-refractivity contribution in [3.63, 3.8) is 0 Å². The second-order valence-corrected chi connectivity index (χ2v) is 9.81. The van der Waals surface area contributed by atoms with Crippen LogP contribution < -0.4 is 74.7 Å². The number of nitrogen functional groups attached to an aromatic ring is 1. The number of benzene rings is 4. The molecule has 0 spiro atoms. The number of carbonyl (C=O) groups is 1. The Hall–Kier alpha value is -2.88. The zero-order valence-electron chi connectivity index (χ0n) is 22.9. The van der Waals surface area contributed by atoms with Crippen molar-refractivity contribution in [2.75, 3.05) is 12.8 Å². The fourth-order valence-electron chi connectivity index (χ4n) is 3.90. The van der Waals surface area contributed by atoms with Gasteiger partial charge in [0.15, 0.2) is 5.75 Å². The molecule has 0 unspecified atom stereocenters. The number of rotatable bonds is 7. The number of carboxylic acid groups (broad SMARTS) is 1. The van der Waals surface area contributed by atoms with Crippen LogP contribution in [0.25, 0.3) is 10.8 Å². The van der Waals surface area contributed by atoms with Crippen LogP contribution in [0.1, 0.15) is 21.5 Å². The molecule has 0 atom stereocenters. The number of carbonyl (C=O) groups excluding carboxylic acids is 1. The summed E-state index contributed by atoms with van der Waals surface area (Å²) in [6.45, 7) is 3.39. The fraction of sp³-hybridized carbons (Fsp3) is 0.115. The number of nitrogens with zero attached hydrogens (tertiary/aromatic N) is 4. The number of anilines is 1. The molecular weight excluding hydrogens is 572 g/mol. The maximum atomic E-state index is 12.1. The summed E-state index contributed by atoms with van der Waals surface area (Å²) in [5, 5.41) is 38.5. The van der Waals surface area contributed by atoms with Crippen molar-refractivity contribution in [3.05, 3.63) is 71.3 Å². The summed E-state index contributed by atoms with van der Waals surface area (Å²) in [6, 6.07) is 13.2. The number of fused-ring (bicyclic) bond motifs is 1. The van der Waals surface area contributed by atoms with Crippen molar-refractivity contribution in [2.45, 2.75) is 18.7 Å². The Kier molecular flexibility index (Phi) is 11.6. The molecule has 0 bridgehead atoms. The number of hydrogen-bond donors (Lipinski definition) is 2. The van der Waals surface area contributed by atoms with Crippen LogP contribution in [0.4, 0.5) is 28.4 Å². The first-order valence-corrected chi connectivity index (χ1v) is 12.7. The molecule has 4 aromatic carbocycles. The first kappa shape index (κ1) is 34.3. The minimum atomic E-state index is -5.07. The molecule has 0 radical (unpaired) electrons. The molecule has 0 aliphatic carbocycles. The third-order valence-corrected chi connectivity index (χ3v) is 6.63. The van der Waals surface area contributed by atoms with Gasteiger partial charge in [-0.25, -0.2) is 8.42 Å². The summed E-state index contributed by atoms with van der Waals surface area (Å²) in [6.07, 6.45) is 0. The summed E-state index contributed by atoms with van der Waals surface area (Å²) in [5.41, 5.74) is 6.59. The van der Waals surface area contributed by atoms with Crippen LogP contribution in [0.3, 0.4) is 0 Å². The van der Waals surface area contributed by atoms with E-state index in [0.717, 1.165) is 11.6 Å². The molecule has 0 aromatic heterocycles. The number of azo groups is 2. The zero-order chi connectivity index (χ0) is 28.5. The van der Waals surface area contributed by atoms with Crippen molar-refractivity contribution < 1.29 is 91.8 Å². The molecule has 200 valence electrons. The topological polar surface area (TPSA) is 202 Å². The molecule has 41 heavy (non-hydrogen) atoms. The monoisotopic (exact) mass is 593 g/mol. The molecule has 0 amide bonds. The Morgan fingerprint density at radius 1 is 0.927 bits per heavy atom. The Balaban J connectivity index is 0.00000294. The van der Waals surface area contributed by atoms with Crippen LogP contribution in [-0.4, -0.2) is 31.2 Å². The van der Waals surface area contributed by atoms with Crippen molar-refractivity contribution in [3.8, 4) is 11.5 Å². The minimum absolute atomic E-state index is 0. The third-order valence-electron chi connectivity index (χ3n) is 5.78. The fourth-order valence-corrected chi connectivity index (χ4v) is 4.56. The molecule has 0 heterocycles. The Bertz CT molecular complexity index is 1810. The summed E-state index contributed by atoms with van der Waals surface area (Å²) < 4.78 is 41.7. The van der Waals surface area contributed by atoms with Crippen molar-refractivity contribution >= 4 is 55.3 Å². The number of methoxy groups -OCH3 is 1.